The Kier molecular flexibility index (Phi) is 3.64. The molecule has 5 heteroatoms. The van der Waals surface area contributed by atoms with Crippen molar-refractivity contribution in [3.63, 3.8) is 0 Å². The second-order valence-electron chi connectivity index (χ2n) is 2.52. The first-order valence-corrected chi connectivity index (χ1v) is 4.50. The summed E-state index contributed by atoms with van der Waals surface area (Å²) in [6, 6.07) is 3.98. The van der Waals surface area contributed by atoms with Gasteiger partial charge in [-0.3, -0.25) is 10.1 Å². The minimum atomic E-state index is -0.823. The van der Waals surface area contributed by atoms with Gasteiger partial charge in [0, 0.05) is 5.75 Å². The van der Waals surface area contributed by atoms with Crippen LogP contribution in [-0.2, 0) is 0 Å². The Labute approximate surface area is 85.8 Å². The Hall–Kier alpha value is -1.36. The van der Waals surface area contributed by atoms with Gasteiger partial charge in [0.25, 0.3) is 0 Å². The second-order valence-corrected chi connectivity index (χ2v) is 2.88. The molecule has 0 unspecified atom stereocenters. The Morgan fingerprint density at radius 3 is 2.86 bits per heavy atom. The normalized spacial score (nSPS) is 10.7. The Bertz CT molecular complexity index is 379. The molecule has 1 aromatic carbocycles. The Balaban J connectivity index is 3.21. The largest absolute Gasteiger partial charge is 0.311 e. The van der Waals surface area contributed by atoms with Crippen LogP contribution in [0.25, 0.3) is 6.08 Å². The summed E-state index contributed by atoms with van der Waals surface area (Å²) >= 11 is 3.91. The average Bonchev–Trinajstić information content (AvgIpc) is 2.14. The summed E-state index contributed by atoms with van der Waals surface area (Å²) in [5, 5.41) is 10.5. The fourth-order valence-electron chi connectivity index (χ4n) is 1.04. The fraction of sp³-hybridized carbons (Fsp3) is 0.111. The van der Waals surface area contributed by atoms with Crippen molar-refractivity contribution < 1.29 is 9.31 Å². The van der Waals surface area contributed by atoms with E-state index in [9.17, 15) is 14.5 Å². The van der Waals surface area contributed by atoms with Gasteiger partial charge in [0.15, 0.2) is 0 Å². The third kappa shape index (κ3) is 2.32. The zero-order valence-electron chi connectivity index (χ0n) is 7.18. The second kappa shape index (κ2) is 4.76. The minimum absolute atomic E-state index is 0.254. The van der Waals surface area contributed by atoms with Crippen LogP contribution in [0.3, 0.4) is 0 Å². The van der Waals surface area contributed by atoms with E-state index in [0.717, 1.165) is 6.07 Å². The first-order valence-electron chi connectivity index (χ1n) is 3.87. The van der Waals surface area contributed by atoms with Crippen molar-refractivity contribution in [1.82, 2.24) is 0 Å². The summed E-state index contributed by atoms with van der Waals surface area (Å²) in [6.07, 6.45) is 3.10. The van der Waals surface area contributed by atoms with E-state index in [1.165, 1.54) is 18.2 Å². The number of nitrogens with zero attached hydrogens (tertiary/aromatic N) is 1. The number of benzene rings is 1. The van der Waals surface area contributed by atoms with Gasteiger partial charge in [0.1, 0.15) is 0 Å². The third-order valence-corrected chi connectivity index (χ3v) is 1.81. The molecule has 0 saturated carbocycles. The molecular formula is C9H8FNO2S. The van der Waals surface area contributed by atoms with Crippen LogP contribution in [0.4, 0.5) is 10.1 Å². The Morgan fingerprint density at radius 1 is 1.57 bits per heavy atom. The molecule has 0 spiro atoms. The molecule has 3 nitrogen and oxygen atoms in total. The van der Waals surface area contributed by atoms with E-state index >= 15 is 0 Å². The zero-order valence-corrected chi connectivity index (χ0v) is 8.08. The predicted octanol–water partition coefficient (Wildman–Crippen LogP) is 2.68. The maximum atomic E-state index is 13.0. The number of nitro benzene ring substituents is 1. The van der Waals surface area contributed by atoms with Gasteiger partial charge in [0.05, 0.1) is 10.5 Å². The van der Waals surface area contributed by atoms with E-state index in [0.29, 0.717) is 5.75 Å². The lowest BCUT2D eigenvalue weighted by atomic mass is 10.1. The topological polar surface area (TPSA) is 43.1 Å². The number of hydrogen-bond donors (Lipinski definition) is 1. The van der Waals surface area contributed by atoms with E-state index in [1.807, 2.05) is 0 Å². The molecule has 14 heavy (non-hydrogen) atoms. The molecule has 0 atom stereocenters. The van der Waals surface area contributed by atoms with Gasteiger partial charge >= 0.3 is 5.69 Å². The molecule has 0 aliphatic rings. The molecule has 0 saturated heterocycles. The smallest absolute Gasteiger partial charge is 0.258 e. The molecule has 74 valence electrons. The molecule has 1 rings (SSSR count). The van der Waals surface area contributed by atoms with Gasteiger partial charge in [-0.15, -0.1) is 0 Å². The van der Waals surface area contributed by atoms with E-state index in [2.05, 4.69) is 12.6 Å². The number of halogens is 1. The molecule has 0 fully saturated rings. The highest BCUT2D eigenvalue weighted by Crippen LogP contribution is 2.23. The van der Waals surface area contributed by atoms with Crippen molar-refractivity contribution in [3.05, 3.63) is 45.8 Å². The molecule has 0 aliphatic carbocycles. The summed E-state index contributed by atoms with van der Waals surface area (Å²) in [4.78, 5) is 9.79. The Morgan fingerprint density at radius 2 is 2.29 bits per heavy atom. The maximum Gasteiger partial charge on any atom is 0.311 e. The van der Waals surface area contributed by atoms with Gasteiger partial charge < -0.3 is 0 Å². The third-order valence-electron chi connectivity index (χ3n) is 1.60. The van der Waals surface area contributed by atoms with Crippen molar-refractivity contribution in [3.8, 4) is 0 Å². The summed E-state index contributed by atoms with van der Waals surface area (Å²) in [7, 11) is 0. The van der Waals surface area contributed by atoms with Gasteiger partial charge in [-0.1, -0.05) is 18.2 Å². The lowest BCUT2D eigenvalue weighted by Crippen LogP contribution is -1.95. The molecule has 0 bridgehead atoms. The van der Waals surface area contributed by atoms with Crippen LogP contribution in [0.1, 0.15) is 5.56 Å². The number of thiol groups is 1. The number of rotatable bonds is 3. The van der Waals surface area contributed by atoms with Crippen LogP contribution in [0.2, 0.25) is 0 Å². The predicted molar refractivity (Wildman–Crippen MR) is 55.9 cm³/mol. The van der Waals surface area contributed by atoms with Crippen LogP contribution < -0.4 is 0 Å². The standard InChI is InChI=1S/C9H8FNO2S/c10-8-5-1-3-7(4-2-6-14)9(8)11(12)13/h1-5,14H,6H2. The molecule has 1 aromatic rings. The molecule has 0 heterocycles. The molecule has 0 radical (unpaired) electrons. The zero-order chi connectivity index (χ0) is 10.6. The van der Waals surface area contributed by atoms with Crippen molar-refractivity contribution in [1.29, 1.82) is 0 Å². The van der Waals surface area contributed by atoms with Crippen LogP contribution in [-0.4, -0.2) is 10.7 Å². The van der Waals surface area contributed by atoms with E-state index in [1.54, 1.807) is 6.08 Å². The maximum absolute atomic E-state index is 13.0. The van der Waals surface area contributed by atoms with Crippen LogP contribution in [0, 0.1) is 15.9 Å². The molecule has 0 aliphatic heterocycles. The first-order chi connectivity index (χ1) is 6.66. The van der Waals surface area contributed by atoms with E-state index < -0.39 is 16.4 Å². The van der Waals surface area contributed by atoms with Crippen molar-refractivity contribution in [2.45, 2.75) is 0 Å². The van der Waals surface area contributed by atoms with Crippen LogP contribution >= 0.6 is 12.6 Å². The van der Waals surface area contributed by atoms with Gasteiger partial charge in [-0.25, -0.2) is 0 Å². The quantitative estimate of drug-likeness (QED) is 0.476. The average molecular weight is 213 g/mol. The fourth-order valence-corrected chi connectivity index (χ4v) is 1.14. The monoisotopic (exact) mass is 213 g/mol. The molecule has 0 N–H and O–H groups in total. The molecular weight excluding hydrogens is 205 g/mol. The SMILES string of the molecule is O=[N+]([O-])c1c(F)cccc1C=CCS. The van der Waals surface area contributed by atoms with Crippen molar-refractivity contribution in [2.24, 2.45) is 0 Å². The first kappa shape index (κ1) is 10.7. The summed E-state index contributed by atoms with van der Waals surface area (Å²) in [5.74, 6) is -0.371. The molecule has 0 aromatic heterocycles. The minimum Gasteiger partial charge on any atom is -0.258 e. The molecule has 0 amide bonds. The summed E-state index contributed by atoms with van der Waals surface area (Å²) in [5.41, 5.74) is -0.241. The highest BCUT2D eigenvalue weighted by atomic mass is 32.1. The van der Waals surface area contributed by atoms with Gasteiger partial charge in [-0.2, -0.15) is 17.0 Å². The highest BCUT2D eigenvalue weighted by molar-refractivity contribution is 7.80. The summed E-state index contributed by atoms with van der Waals surface area (Å²) < 4.78 is 13.0. The number of nitro groups is 1. The van der Waals surface area contributed by atoms with Gasteiger partial charge in [-0.05, 0) is 12.1 Å². The lowest BCUT2D eigenvalue weighted by molar-refractivity contribution is -0.387. The van der Waals surface area contributed by atoms with Crippen LogP contribution in [0.5, 0.6) is 0 Å². The van der Waals surface area contributed by atoms with Crippen molar-refractivity contribution in [2.75, 3.05) is 5.75 Å². The lowest BCUT2D eigenvalue weighted by Gasteiger charge is -1.97. The summed E-state index contributed by atoms with van der Waals surface area (Å²) in [6.45, 7) is 0. The van der Waals surface area contributed by atoms with E-state index in [-0.39, 0.29) is 5.56 Å². The van der Waals surface area contributed by atoms with E-state index in [4.69, 9.17) is 0 Å². The van der Waals surface area contributed by atoms with Gasteiger partial charge in [0.2, 0.25) is 5.82 Å². The number of hydrogen-bond acceptors (Lipinski definition) is 3. The number of para-hydroxylation sites is 1. The highest BCUT2D eigenvalue weighted by Gasteiger charge is 2.17. The van der Waals surface area contributed by atoms with Crippen molar-refractivity contribution >= 4 is 24.4 Å². The van der Waals surface area contributed by atoms with Crippen LogP contribution in [0.15, 0.2) is 24.3 Å².